The first-order valence-electron chi connectivity index (χ1n) is 8.27. The molecule has 0 saturated heterocycles. The largest absolute Gasteiger partial charge is 0.356 e. The summed E-state index contributed by atoms with van der Waals surface area (Å²) in [5, 5.41) is 2.71. The lowest BCUT2D eigenvalue weighted by Crippen LogP contribution is -2.31. The number of hydrogen-bond acceptors (Lipinski definition) is 4. The summed E-state index contributed by atoms with van der Waals surface area (Å²) in [4.78, 5) is 12.6. The van der Waals surface area contributed by atoms with Gasteiger partial charge in [0.15, 0.2) is 0 Å². The average Bonchev–Trinajstić information content (AvgIpc) is 2.63. The predicted octanol–water partition coefficient (Wildman–Crippen LogP) is 2.93. The van der Waals surface area contributed by atoms with Gasteiger partial charge in [0.25, 0.3) is 0 Å². The van der Waals surface area contributed by atoms with E-state index in [1.807, 2.05) is 0 Å². The van der Waals surface area contributed by atoms with Crippen LogP contribution in [0.25, 0.3) is 0 Å². The quantitative estimate of drug-likeness (QED) is 0.463. The van der Waals surface area contributed by atoms with Crippen LogP contribution in [0, 0.1) is 11.6 Å². The van der Waals surface area contributed by atoms with Gasteiger partial charge >= 0.3 is 0 Å². The molecule has 0 atom stereocenters. The van der Waals surface area contributed by atoms with Crippen molar-refractivity contribution in [1.82, 2.24) is 10.0 Å². The summed E-state index contributed by atoms with van der Waals surface area (Å²) in [5.74, 6) is -0.292. The molecule has 0 aliphatic carbocycles. The van der Waals surface area contributed by atoms with Crippen molar-refractivity contribution in [2.24, 2.45) is 0 Å². The van der Waals surface area contributed by atoms with E-state index < -0.39 is 15.8 Å². The topological polar surface area (TPSA) is 75.3 Å². The third-order valence-electron chi connectivity index (χ3n) is 3.49. The van der Waals surface area contributed by atoms with Gasteiger partial charge in [0, 0.05) is 24.4 Å². The molecule has 146 valence electrons. The summed E-state index contributed by atoms with van der Waals surface area (Å²) in [7, 11) is -3.76. The Morgan fingerprint density at radius 1 is 0.926 bits per heavy atom. The minimum Gasteiger partial charge on any atom is -0.356 e. The van der Waals surface area contributed by atoms with Gasteiger partial charge < -0.3 is 5.32 Å². The van der Waals surface area contributed by atoms with Crippen molar-refractivity contribution in [1.29, 1.82) is 0 Å². The number of halogens is 2. The van der Waals surface area contributed by atoms with Crippen molar-refractivity contribution in [3.63, 3.8) is 0 Å². The van der Waals surface area contributed by atoms with Crippen molar-refractivity contribution < 1.29 is 22.0 Å². The fraction of sp³-hybridized carbons (Fsp3) is 0.278. The Morgan fingerprint density at radius 2 is 1.52 bits per heavy atom. The molecule has 0 aliphatic heterocycles. The highest BCUT2D eigenvalue weighted by molar-refractivity contribution is 7.99. The fourth-order valence-corrected chi connectivity index (χ4v) is 3.99. The second-order valence-electron chi connectivity index (χ2n) is 5.61. The van der Waals surface area contributed by atoms with Gasteiger partial charge in [-0.15, -0.1) is 11.8 Å². The van der Waals surface area contributed by atoms with Gasteiger partial charge in [0.2, 0.25) is 15.9 Å². The molecule has 0 bridgehead atoms. The number of hydrogen-bond donors (Lipinski definition) is 2. The number of rotatable bonds is 10. The Balaban J connectivity index is 1.60. The summed E-state index contributed by atoms with van der Waals surface area (Å²) < 4.78 is 51.9. The van der Waals surface area contributed by atoms with Crippen LogP contribution >= 0.6 is 11.8 Å². The maximum absolute atomic E-state index is 12.8. The number of amides is 1. The maximum Gasteiger partial charge on any atom is 0.240 e. The van der Waals surface area contributed by atoms with E-state index in [1.54, 1.807) is 23.9 Å². The lowest BCUT2D eigenvalue weighted by molar-refractivity contribution is -0.120. The highest BCUT2D eigenvalue weighted by Gasteiger charge is 2.14. The molecule has 2 N–H and O–H groups in total. The zero-order valence-corrected chi connectivity index (χ0v) is 16.1. The number of benzene rings is 2. The van der Waals surface area contributed by atoms with E-state index in [9.17, 15) is 22.0 Å². The van der Waals surface area contributed by atoms with Gasteiger partial charge in [-0.1, -0.05) is 0 Å². The second kappa shape index (κ2) is 10.4. The molecule has 1 amide bonds. The summed E-state index contributed by atoms with van der Waals surface area (Å²) in [5.41, 5.74) is 0. The summed E-state index contributed by atoms with van der Waals surface area (Å²) >= 11 is 1.56. The van der Waals surface area contributed by atoms with Gasteiger partial charge in [-0.05, 0) is 60.7 Å². The van der Waals surface area contributed by atoms with Crippen LogP contribution in [0.4, 0.5) is 8.78 Å². The fourth-order valence-electron chi connectivity index (χ4n) is 2.11. The molecule has 0 unspecified atom stereocenters. The highest BCUT2D eigenvalue weighted by atomic mass is 32.2. The number of nitrogens with one attached hydrogen (secondary N) is 2. The SMILES string of the molecule is O=C(CCNS(=O)(=O)c1ccc(F)cc1)NCCCSc1ccc(F)cc1. The van der Waals surface area contributed by atoms with Crippen molar-refractivity contribution in [2.75, 3.05) is 18.8 Å². The minimum absolute atomic E-state index is 0.00549. The molecule has 0 heterocycles. The number of carbonyl (C=O) groups is 1. The van der Waals surface area contributed by atoms with Gasteiger partial charge in [0.05, 0.1) is 4.90 Å². The monoisotopic (exact) mass is 414 g/mol. The van der Waals surface area contributed by atoms with Crippen molar-refractivity contribution >= 4 is 27.7 Å². The van der Waals surface area contributed by atoms with E-state index in [0.29, 0.717) is 6.54 Å². The number of carbonyl (C=O) groups excluding carboxylic acids is 1. The van der Waals surface area contributed by atoms with E-state index >= 15 is 0 Å². The molecule has 0 aliphatic rings. The molecular weight excluding hydrogens is 394 g/mol. The third kappa shape index (κ3) is 7.66. The van der Waals surface area contributed by atoms with E-state index in [0.717, 1.165) is 41.3 Å². The second-order valence-corrected chi connectivity index (χ2v) is 8.54. The van der Waals surface area contributed by atoms with E-state index in [4.69, 9.17) is 0 Å². The number of sulfonamides is 1. The zero-order valence-electron chi connectivity index (χ0n) is 14.5. The predicted molar refractivity (Wildman–Crippen MR) is 101 cm³/mol. The van der Waals surface area contributed by atoms with Crippen molar-refractivity contribution in [2.45, 2.75) is 22.6 Å². The third-order valence-corrected chi connectivity index (χ3v) is 6.07. The van der Waals surface area contributed by atoms with E-state index in [-0.39, 0.29) is 29.6 Å². The van der Waals surface area contributed by atoms with Crippen LogP contribution < -0.4 is 10.0 Å². The summed E-state index contributed by atoms with van der Waals surface area (Å²) in [6.07, 6.45) is 0.737. The van der Waals surface area contributed by atoms with Crippen LogP contribution in [0.1, 0.15) is 12.8 Å². The lowest BCUT2D eigenvalue weighted by atomic mass is 10.3. The molecule has 0 spiro atoms. The molecule has 2 rings (SSSR count). The normalized spacial score (nSPS) is 11.3. The van der Waals surface area contributed by atoms with Crippen LogP contribution in [0.2, 0.25) is 0 Å². The Kier molecular flexibility index (Phi) is 8.21. The standard InChI is InChI=1S/C18H20F2N2O3S2/c19-14-2-6-16(7-3-14)26-13-1-11-21-18(23)10-12-22-27(24,25)17-8-4-15(20)5-9-17/h2-9,22H,1,10-13H2,(H,21,23). The maximum atomic E-state index is 12.8. The minimum atomic E-state index is -3.76. The lowest BCUT2D eigenvalue weighted by Gasteiger charge is -2.08. The Morgan fingerprint density at radius 3 is 2.15 bits per heavy atom. The van der Waals surface area contributed by atoms with E-state index in [1.165, 1.54) is 12.1 Å². The molecule has 2 aromatic rings. The Labute approximate surface area is 161 Å². The van der Waals surface area contributed by atoms with Crippen molar-refractivity contribution in [3.05, 3.63) is 60.2 Å². The van der Waals surface area contributed by atoms with E-state index in [2.05, 4.69) is 10.0 Å². The van der Waals surface area contributed by atoms with Crippen LogP contribution in [0.15, 0.2) is 58.3 Å². The van der Waals surface area contributed by atoms with Crippen LogP contribution in [0.3, 0.4) is 0 Å². The molecule has 5 nitrogen and oxygen atoms in total. The zero-order chi connectivity index (χ0) is 19.7. The highest BCUT2D eigenvalue weighted by Crippen LogP contribution is 2.18. The van der Waals surface area contributed by atoms with Crippen LogP contribution in [-0.4, -0.2) is 33.2 Å². The molecule has 0 aromatic heterocycles. The summed E-state index contributed by atoms with van der Waals surface area (Å²) in [6, 6.07) is 10.6. The van der Waals surface area contributed by atoms with Gasteiger partial charge in [-0.3, -0.25) is 4.79 Å². The van der Waals surface area contributed by atoms with Gasteiger partial charge in [0.1, 0.15) is 11.6 Å². The molecule has 2 aromatic carbocycles. The number of thioether (sulfide) groups is 1. The first-order chi connectivity index (χ1) is 12.9. The molecule has 9 heteroatoms. The molecule has 27 heavy (non-hydrogen) atoms. The van der Waals surface area contributed by atoms with Gasteiger partial charge in [-0.2, -0.15) is 0 Å². The molecule has 0 fully saturated rings. The molecular formula is C18H20F2N2O3S2. The average molecular weight is 414 g/mol. The van der Waals surface area contributed by atoms with Gasteiger partial charge in [-0.25, -0.2) is 21.9 Å². The first-order valence-corrected chi connectivity index (χ1v) is 10.7. The molecule has 0 saturated carbocycles. The van der Waals surface area contributed by atoms with Crippen molar-refractivity contribution in [3.8, 4) is 0 Å². The van der Waals surface area contributed by atoms with Crippen LogP contribution in [-0.2, 0) is 14.8 Å². The Hall–Kier alpha value is -1.97. The smallest absolute Gasteiger partial charge is 0.240 e. The van der Waals surface area contributed by atoms with Crippen LogP contribution in [0.5, 0.6) is 0 Å². The Bertz CT molecular complexity index is 842. The first kappa shape index (κ1) is 21.3. The molecule has 0 radical (unpaired) electrons. The summed E-state index contributed by atoms with van der Waals surface area (Å²) in [6.45, 7) is 0.424.